The van der Waals surface area contributed by atoms with Gasteiger partial charge in [0.05, 0.1) is 21.3 Å². The van der Waals surface area contributed by atoms with E-state index in [1.54, 1.807) is 13.1 Å². The number of benzene rings is 1. The molecule has 2 amide bonds. The summed E-state index contributed by atoms with van der Waals surface area (Å²) in [4.78, 5) is 30.4. The minimum Gasteiger partial charge on any atom is -0.493 e. The van der Waals surface area contributed by atoms with Crippen LogP contribution in [-0.4, -0.2) is 44.2 Å². The lowest BCUT2D eigenvalue weighted by molar-refractivity contribution is -0.117. The van der Waals surface area contributed by atoms with Crippen molar-refractivity contribution >= 4 is 28.3 Å². The highest BCUT2D eigenvalue weighted by Crippen LogP contribution is 2.38. The van der Waals surface area contributed by atoms with E-state index in [1.807, 2.05) is 0 Å². The van der Waals surface area contributed by atoms with E-state index in [9.17, 15) is 9.59 Å². The SMILES string of the molecule is COc1cc(C(=O)NC(C)C(=O)Nc2ncc(C(C)(C)C)s2)cc(OC)c1OC. The Labute approximate surface area is 174 Å². The molecule has 2 rings (SSSR count). The second kappa shape index (κ2) is 9.13. The molecule has 1 aromatic heterocycles. The summed E-state index contributed by atoms with van der Waals surface area (Å²) in [5, 5.41) is 5.90. The third-order valence-electron chi connectivity index (χ3n) is 4.14. The molecule has 0 saturated carbocycles. The normalized spacial score (nSPS) is 12.1. The molecule has 0 bridgehead atoms. The van der Waals surface area contributed by atoms with Gasteiger partial charge in [-0.25, -0.2) is 4.98 Å². The Hall–Kier alpha value is -2.81. The Bertz CT molecular complexity index is 863. The Balaban J connectivity index is 2.10. The number of carbonyl (C=O) groups excluding carboxylic acids is 2. The molecule has 0 aliphatic heterocycles. The average molecular weight is 422 g/mol. The number of anilines is 1. The van der Waals surface area contributed by atoms with E-state index in [2.05, 4.69) is 36.4 Å². The van der Waals surface area contributed by atoms with Crippen molar-refractivity contribution in [2.45, 2.75) is 39.2 Å². The number of hydrogen-bond acceptors (Lipinski definition) is 7. The molecule has 0 radical (unpaired) electrons. The van der Waals surface area contributed by atoms with Crippen molar-refractivity contribution in [1.29, 1.82) is 0 Å². The van der Waals surface area contributed by atoms with Crippen LogP contribution in [0.3, 0.4) is 0 Å². The summed E-state index contributed by atoms with van der Waals surface area (Å²) in [5.41, 5.74) is 0.232. The van der Waals surface area contributed by atoms with Gasteiger partial charge < -0.3 is 24.8 Å². The minimum atomic E-state index is -0.774. The van der Waals surface area contributed by atoms with Crippen molar-refractivity contribution in [3.05, 3.63) is 28.8 Å². The second-order valence-corrected chi connectivity index (χ2v) is 8.41. The molecule has 1 unspecified atom stereocenters. The summed E-state index contributed by atoms with van der Waals surface area (Å²) in [6.07, 6.45) is 1.75. The number of hydrogen-bond donors (Lipinski definition) is 2. The Morgan fingerprint density at radius 1 is 1.07 bits per heavy atom. The van der Waals surface area contributed by atoms with Crippen LogP contribution in [0.5, 0.6) is 17.2 Å². The predicted molar refractivity (Wildman–Crippen MR) is 112 cm³/mol. The van der Waals surface area contributed by atoms with Gasteiger partial charge in [-0.05, 0) is 24.5 Å². The number of nitrogens with one attached hydrogen (secondary N) is 2. The summed E-state index contributed by atoms with van der Waals surface area (Å²) in [5.74, 6) is 0.288. The number of amides is 2. The molecular formula is C20H27N3O5S. The number of thiazole rings is 1. The molecule has 0 fully saturated rings. The summed E-state index contributed by atoms with van der Waals surface area (Å²) < 4.78 is 15.8. The van der Waals surface area contributed by atoms with Crippen LogP contribution in [-0.2, 0) is 10.2 Å². The molecular weight excluding hydrogens is 394 g/mol. The highest BCUT2D eigenvalue weighted by atomic mass is 32.1. The van der Waals surface area contributed by atoms with Gasteiger partial charge in [0.15, 0.2) is 16.6 Å². The first-order chi connectivity index (χ1) is 13.6. The van der Waals surface area contributed by atoms with Crippen molar-refractivity contribution in [3.63, 3.8) is 0 Å². The van der Waals surface area contributed by atoms with Crippen molar-refractivity contribution in [1.82, 2.24) is 10.3 Å². The van der Waals surface area contributed by atoms with Gasteiger partial charge in [-0.3, -0.25) is 9.59 Å². The van der Waals surface area contributed by atoms with E-state index in [4.69, 9.17) is 14.2 Å². The molecule has 1 heterocycles. The molecule has 1 atom stereocenters. The molecule has 9 heteroatoms. The maximum Gasteiger partial charge on any atom is 0.252 e. The van der Waals surface area contributed by atoms with Gasteiger partial charge in [-0.2, -0.15) is 0 Å². The van der Waals surface area contributed by atoms with Crippen LogP contribution < -0.4 is 24.8 Å². The Kier molecular flexibility index (Phi) is 7.07. The van der Waals surface area contributed by atoms with E-state index in [1.165, 1.54) is 44.8 Å². The van der Waals surface area contributed by atoms with Crippen LogP contribution in [0.15, 0.2) is 18.3 Å². The number of nitrogens with zero attached hydrogens (tertiary/aromatic N) is 1. The van der Waals surface area contributed by atoms with Crippen LogP contribution in [0.25, 0.3) is 0 Å². The fourth-order valence-corrected chi connectivity index (χ4v) is 3.33. The monoisotopic (exact) mass is 421 g/mol. The van der Waals surface area contributed by atoms with Gasteiger partial charge in [0.25, 0.3) is 5.91 Å². The number of ether oxygens (including phenoxy) is 3. The van der Waals surface area contributed by atoms with Gasteiger partial charge in [0.1, 0.15) is 6.04 Å². The summed E-state index contributed by atoms with van der Waals surface area (Å²) in [6.45, 7) is 7.83. The number of rotatable bonds is 7. The van der Waals surface area contributed by atoms with Crippen molar-refractivity contribution in [2.24, 2.45) is 0 Å². The van der Waals surface area contributed by atoms with Gasteiger partial charge in [-0.15, -0.1) is 11.3 Å². The van der Waals surface area contributed by atoms with E-state index >= 15 is 0 Å². The lowest BCUT2D eigenvalue weighted by atomic mass is 9.96. The third kappa shape index (κ3) is 5.38. The highest BCUT2D eigenvalue weighted by Gasteiger charge is 2.22. The lowest BCUT2D eigenvalue weighted by Gasteiger charge is -2.16. The number of carbonyl (C=O) groups is 2. The van der Waals surface area contributed by atoms with E-state index in [0.717, 1.165) is 4.88 Å². The standard InChI is InChI=1S/C20H27N3O5S/c1-11(17(24)23-19-21-10-15(29-19)20(2,3)4)22-18(25)12-8-13(26-5)16(28-7)14(9-12)27-6/h8-11H,1-7H3,(H,22,25)(H,21,23,24). The van der Waals surface area contributed by atoms with Crippen LogP contribution in [0.4, 0.5) is 5.13 Å². The minimum absolute atomic E-state index is 0.0487. The fourth-order valence-electron chi connectivity index (χ4n) is 2.45. The molecule has 29 heavy (non-hydrogen) atoms. The molecule has 158 valence electrons. The van der Waals surface area contributed by atoms with Crippen molar-refractivity contribution in [2.75, 3.05) is 26.6 Å². The quantitative estimate of drug-likeness (QED) is 0.712. The first-order valence-electron chi connectivity index (χ1n) is 8.98. The van der Waals surface area contributed by atoms with Crippen molar-refractivity contribution in [3.8, 4) is 17.2 Å². The number of methoxy groups -OCH3 is 3. The Morgan fingerprint density at radius 3 is 2.10 bits per heavy atom. The first-order valence-corrected chi connectivity index (χ1v) is 9.80. The van der Waals surface area contributed by atoms with Gasteiger partial charge in [0.2, 0.25) is 11.7 Å². The highest BCUT2D eigenvalue weighted by molar-refractivity contribution is 7.15. The van der Waals surface area contributed by atoms with Crippen LogP contribution in [0.1, 0.15) is 42.9 Å². The molecule has 0 aliphatic carbocycles. The summed E-state index contributed by atoms with van der Waals surface area (Å²) in [6, 6.07) is 2.28. The topological polar surface area (TPSA) is 98.8 Å². The second-order valence-electron chi connectivity index (χ2n) is 7.38. The Morgan fingerprint density at radius 2 is 1.66 bits per heavy atom. The molecule has 1 aromatic carbocycles. The van der Waals surface area contributed by atoms with Crippen LogP contribution >= 0.6 is 11.3 Å². The van der Waals surface area contributed by atoms with Crippen LogP contribution in [0, 0.1) is 0 Å². The van der Waals surface area contributed by atoms with Crippen LogP contribution in [0.2, 0.25) is 0 Å². The average Bonchev–Trinajstić information content (AvgIpc) is 3.15. The zero-order chi connectivity index (χ0) is 21.8. The maximum absolute atomic E-state index is 12.6. The largest absolute Gasteiger partial charge is 0.493 e. The predicted octanol–water partition coefficient (Wildman–Crippen LogP) is 3.22. The van der Waals surface area contributed by atoms with Gasteiger partial charge in [-0.1, -0.05) is 20.8 Å². The van der Waals surface area contributed by atoms with E-state index in [-0.39, 0.29) is 16.9 Å². The van der Waals surface area contributed by atoms with Crippen molar-refractivity contribution < 1.29 is 23.8 Å². The molecule has 2 aromatic rings. The van der Waals surface area contributed by atoms with E-state index in [0.29, 0.717) is 22.4 Å². The summed E-state index contributed by atoms with van der Waals surface area (Å²) in [7, 11) is 4.42. The molecule has 0 spiro atoms. The van der Waals surface area contributed by atoms with Gasteiger partial charge in [0, 0.05) is 16.6 Å². The van der Waals surface area contributed by atoms with E-state index < -0.39 is 11.9 Å². The molecule has 0 aliphatic rings. The lowest BCUT2D eigenvalue weighted by Crippen LogP contribution is -2.41. The smallest absolute Gasteiger partial charge is 0.252 e. The molecule has 0 saturated heterocycles. The fraction of sp³-hybridized carbons (Fsp3) is 0.450. The van der Waals surface area contributed by atoms with Gasteiger partial charge >= 0.3 is 0 Å². The zero-order valence-electron chi connectivity index (χ0n) is 17.7. The summed E-state index contributed by atoms with van der Waals surface area (Å²) >= 11 is 1.41. The molecule has 8 nitrogen and oxygen atoms in total. The zero-order valence-corrected chi connectivity index (χ0v) is 18.5. The number of aromatic nitrogens is 1. The first kappa shape index (κ1) is 22.5. The third-order valence-corrected chi connectivity index (χ3v) is 5.48. The molecule has 2 N–H and O–H groups in total. The maximum atomic E-state index is 12.6.